The van der Waals surface area contributed by atoms with Crippen molar-refractivity contribution in [2.75, 3.05) is 13.2 Å². The van der Waals surface area contributed by atoms with Gasteiger partial charge in [0.2, 0.25) is 0 Å². The normalized spacial score (nSPS) is 10.9. The maximum atomic E-state index is 10.6. The summed E-state index contributed by atoms with van der Waals surface area (Å²) in [5.41, 5.74) is 0. The van der Waals surface area contributed by atoms with E-state index in [9.17, 15) is 4.79 Å². The van der Waals surface area contributed by atoms with Gasteiger partial charge in [0, 0.05) is 19.6 Å². The van der Waals surface area contributed by atoms with E-state index in [1.807, 2.05) is 0 Å². The van der Waals surface area contributed by atoms with Crippen molar-refractivity contribution in [3.8, 4) is 0 Å². The van der Waals surface area contributed by atoms with Crippen molar-refractivity contribution in [3.63, 3.8) is 0 Å². The van der Waals surface area contributed by atoms with Gasteiger partial charge in [0.15, 0.2) is 5.12 Å². The van der Waals surface area contributed by atoms with Crippen molar-refractivity contribution in [1.82, 2.24) is 0 Å². The molecule has 15 heavy (non-hydrogen) atoms. The zero-order valence-electron chi connectivity index (χ0n) is 9.62. The molecule has 3 nitrogen and oxygen atoms in total. The minimum Gasteiger partial charge on any atom is -0.393 e. The van der Waals surface area contributed by atoms with Gasteiger partial charge in [0.1, 0.15) is 0 Å². The minimum atomic E-state index is -1.15. The number of hydrogen-bond acceptors (Lipinski definition) is 3. The van der Waals surface area contributed by atoms with Crippen LogP contribution >= 0.6 is 12.6 Å². The van der Waals surface area contributed by atoms with Gasteiger partial charge in [-0.3, -0.25) is 4.79 Å². The lowest BCUT2D eigenvalue weighted by atomic mass is 10.4. The highest BCUT2D eigenvalue weighted by atomic mass is 32.1. The molecular weight excluding hydrogens is 228 g/mol. The highest BCUT2D eigenvalue weighted by Gasteiger charge is 2.15. The highest BCUT2D eigenvalue weighted by Crippen LogP contribution is 2.07. The van der Waals surface area contributed by atoms with E-state index < -0.39 is 9.28 Å². The van der Waals surface area contributed by atoms with Gasteiger partial charge < -0.3 is 8.85 Å². The quantitative estimate of drug-likeness (QED) is 0.477. The van der Waals surface area contributed by atoms with Crippen LogP contribution in [0.15, 0.2) is 0 Å². The van der Waals surface area contributed by atoms with E-state index in [1.54, 1.807) is 0 Å². The Kier molecular flexibility index (Phi) is 10.8. The molecule has 0 aromatic carbocycles. The number of carbonyl (C=O) groups is 1. The molecule has 0 saturated carbocycles. The van der Waals surface area contributed by atoms with Crippen LogP contribution in [0.1, 0.15) is 39.5 Å². The molecule has 0 spiro atoms. The number of rotatable bonds is 10. The van der Waals surface area contributed by atoms with Gasteiger partial charge in [0.25, 0.3) is 0 Å². The molecular formula is C10H21O3SSi. The third kappa shape index (κ3) is 10.4. The van der Waals surface area contributed by atoms with Crippen molar-refractivity contribution >= 4 is 27.0 Å². The molecule has 89 valence electrons. The fourth-order valence-corrected chi connectivity index (χ4v) is 2.86. The van der Waals surface area contributed by atoms with Crippen LogP contribution in [0, 0.1) is 0 Å². The molecule has 0 saturated heterocycles. The van der Waals surface area contributed by atoms with Gasteiger partial charge >= 0.3 is 9.28 Å². The van der Waals surface area contributed by atoms with Gasteiger partial charge in [0.05, 0.1) is 0 Å². The summed E-state index contributed by atoms with van der Waals surface area (Å²) in [6.07, 6.45) is 3.36. The second-order valence-electron chi connectivity index (χ2n) is 3.32. The summed E-state index contributed by atoms with van der Waals surface area (Å²) in [6, 6.07) is 0.872. The lowest BCUT2D eigenvalue weighted by molar-refractivity contribution is -0.110. The highest BCUT2D eigenvalue weighted by molar-refractivity contribution is 7.96. The van der Waals surface area contributed by atoms with Crippen LogP contribution in [0.5, 0.6) is 0 Å². The summed E-state index contributed by atoms with van der Waals surface area (Å²) in [5, 5.41) is -0.0534. The smallest absolute Gasteiger partial charge is 0.384 e. The van der Waals surface area contributed by atoms with Gasteiger partial charge in [-0.15, -0.1) is 12.6 Å². The van der Waals surface area contributed by atoms with Crippen molar-refractivity contribution in [2.45, 2.75) is 45.6 Å². The average molecular weight is 249 g/mol. The van der Waals surface area contributed by atoms with Crippen molar-refractivity contribution in [1.29, 1.82) is 0 Å². The second-order valence-corrected chi connectivity index (χ2v) is 5.64. The molecule has 0 aromatic rings. The lowest BCUT2D eigenvalue weighted by Crippen LogP contribution is -2.23. The van der Waals surface area contributed by atoms with E-state index in [1.165, 1.54) is 0 Å². The van der Waals surface area contributed by atoms with Crippen molar-refractivity contribution < 1.29 is 13.6 Å². The SMILES string of the molecule is CCCO[Si](CCCC(=O)S)OCCC. The largest absolute Gasteiger partial charge is 0.393 e. The first-order chi connectivity index (χ1) is 7.20. The molecule has 5 heteroatoms. The van der Waals surface area contributed by atoms with Gasteiger partial charge in [-0.25, -0.2) is 0 Å². The molecule has 0 bridgehead atoms. The Morgan fingerprint density at radius 1 is 1.20 bits per heavy atom. The Bertz CT molecular complexity index is 159. The molecule has 0 amide bonds. The zero-order chi connectivity index (χ0) is 11.5. The van der Waals surface area contributed by atoms with E-state index in [2.05, 4.69) is 26.5 Å². The Labute approximate surface area is 99.8 Å². The topological polar surface area (TPSA) is 35.5 Å². The molecule has 0 aliphatic heterocycles. The first kappa shape index (κ1) is 15.2. The maximum Gasteiger partial charge on any atom is 0.384 e. The Morgan fingerprint density at radius 2 is 1.73 bits per heavy atom. The predicted octanol–water partition coefficient (Wildman–Crippen LogP) is 2.56. The van der Waals surface area contributed by atoms with E-state index in [-0.39, 0.29) is 5.12 Å². The van der Waals surface area contributed by atoms with Crippen molar-refractivity contribution in [2.24, 2.45) is 0 Å². The zero-order valence-corrected chi connectivity index (χ0v) is 11.5. The van der Waals surface area contributed by atoms with Crippen LogP contribution in [0.3, 0.4) is 0 Å². The molecule has 0 N–H and O–H groups in total. The van der Waals surface area contributed by atoms with E-state index >= 15 is 0 Å². The summed E-state index contributed by atoms with van der Waals surface area (Å²) in [7, 11) is -1.15. The first-order valence-corrected chi connectivity index (χ1v) is 7.51. The molecule has 0 atom stereocenters. The number of carbonyl (C=O) groups excluding carboxylic acids is 1. The average Bonchev–Trinajstić information content (AvgIpc) is 2.20. The number of hydrogen-bond donors (Lipinski definition) is 1. The fraction of sp³-hybridized carbons (Fsp3) is 0.900. The molecule has 0 unspecified atom stereocenters. The molecule has 0 heterocycles. The van der Waals surface area contributed by atoms with Crippen LogP contribution in [0.25, 0.3) is 0 Å². The number of thiol groups is 1. The molecule has 1 radical (unpaired) electrons. The Morgan fingerprint density at radius 3 is 2.13 bits per heavy atom. The fourth-order valence-electron chi connectivity index (χ4n) is 1.00. The van der Waals surface area contributed by atoms with Crippen LogP contribution in [0.4, 0.5) is 0 Å². The third-order valence-corrected chi connectivity index (χ3v) is 3.74. The van der Waals surface area contributed by atoms with Gasteiger partial charge in [-0.1, -0.05) is 13.8 Å². The summed E-state index contributed by atoms with van der Waals surface area (Å²) >= 11 is 3.73. The maximum absolute atomic E-state index is 10.6. The summed E-state index contributed by atoms with van der Waals surface area (Å²) in [6.45, 7) is 5.67. The predicted molar refractivity (Wildman–Crippen MR) is 66.3 cm³/mol. The summed E-state index contributed by atoms with van der Waals surface area (Å²) in [5.74, 6) is 0. The standard InChI is InChI=1S/C10H21O3SSi/c1-3-7-12-15(13-8-4-2)9-5-6-10(11)14/h3-9H2,1-2H3,(H,11,14). The molecule has 0 aromatic heterocycles. The summed E-state index contributed by atoms with van der Waals surface area (Å²) < 4.78 is 11.2. The van der Waals surface area contributed by atoms with E-state index in [4.69, 9.17) is 8.85 Å². The second kappa shape index (κ2) is 10.7. The minimum absolute atomic E-state index is 0.0534. The van der Waals surface area contributed by atoms with E-state index in [0.717, 1.165) is 38.5 Å². The van der Waals surface area contributed by atoms with Gasteiger partial charge in [-0.05, 0) is 25.3 Å². The van der Waals surface area contributed by atoms with Crippen LogP contribution in [-0.2, 0) is 13.6 Å². The van der Waals surface area contributed by atoms with E-state index in [0.29, 0.717) is 6.42 Å². The molecule has 0 fully saturated rings. The third-order valence-electron chi connectivity index (χ3n) is 1.71. The Hall–Kier alpha value is 0.157. The molecule has 0 rings (SSSR count). The Balaban J connectivity index is 3.63. The molecule has 0 aliphatic carbocycles. The van der Waals surface area contributed by atoms with Gasteiger partial charge in [-0.2, -0.15) is 0 Å². The lowest BCUT2D eigenvalue weighted by Gasteiger charge is -2.13. The monoisotopic (exact) mass is 249 g/mol. The van der Waals surface area contributed by atoms with Crippen LogP contribution in [-0.4, -0.2) is 27.6 Å². The summed E-state index contributed by atoms with van der Waals surface area (Å²) in [4.78, 5) is 10.6. The first-order valence-electron chi connectivity index (χ1n) is 5.53. The van der Waals surface area contributed by atoms with Crippen LogP contribution < -0.4 is 0 Å². The van der Waals surface area contributed by atoms with Crippen LogP contribution in [0.2, 0.25) is 6.04 Å². The molecule has 0 aliphatic rings. The van der Waals surface area contributed by atoms with Crippen molar-refractivity contribution in [3.05, 3.63) is 0 Å².